The molecule has 7 nitrogen and oxygen atoms in total. The lowest BCUT2D eigenvalue weighted by Crippen LogP contribution is -2.37. The van der Waals surface area contributed by atoms with E-state index in [1.165, 1.54) is 43.5 Å². The molecular formula is C24H36N4O3. The van der Waals surface area contributed by atoms with E-state index in [2.05, 4.69) is 39.3 Å². The Kier molecular flexibility index (Phi) is 6.74. The van der Waals surface area contributed by atoms with Crippen molar-refractivity contribution >= 4 is 6.09 Å². The molecule has 4 atom stereocenters. The average Bonchev–Trinajstić information content (AvgIpc) is 3.21. The highest BCUT2D eigenvalue weighted by atomic mass is 16.5. The molecule has 0 radical (unpaired) electrons. The van der Waals surface area contributed by atoms with Crippen molar-refractivity contribution in [1.82, 2.24) is 21.1 Å². The Morgan fingerprint density at radius 3 is 2.84 bits per heavy atom. The third-order valence-electron chi connectivity index (χ3n) is 7.31. The quantitative estimate of drug-likeness (QED) is 0.673. The van der Waals surface area contributed by atoms with Gasteiger partial charge in [-0.2, -0.15) is 0 Å². The van der Waals surface area contributed by atoms with E-state index in [1.54, 1.807) is 0 Å². The molecule has 5 rings (SSSR count). The second-order valence-electron chi connectivity index (χ2n) is 9.62. The van der Waals surface area contributed by atoms with Crippen LogP contribution >= 0.6 is 0 Å². The van der Waals surface area contributed by atoms with Crippen LogP contribution < -0.4 is 16.2 Å². The standard InChI is InChI=1S/C24H36N4O3/c29-24-25-7-4-10-30-20-5-6-22-21(14-20)23(27-26-22)19-12-17(11-18(13-19)16-31-24)15-28-8-2-1-3-9-28/h11-13,20-23,26-27H,1-10,14-16H2,(H,25,29). The highest BCUT2D eigenvalue weighted by Crippen LogP contribution is 2.39. The second kappa shape index (κ2) is 9.86. The Labute approximate surface area is 185 Å². The molecule has 3 N–H and O–H groups in total. The molecule has 1 aromatic rings. The lowest BCUT2D eigenvalue weighted by molar-refractivity contribution is 0.00716. The fourth-order valence-electron chi connectivity index (χ4n) is 5.73. The predicted molar refractivity (Wildman–Crippen MR) is 118 cm³/mol. The van der Waals surface area contributed by atoms with Gasteiger partial charge in [-0.3, -0.25) is 10.3 Å². The van der Waals surface area contributed by atoms with Crippen LogP contribution in [0.4, 0.5) is 4.79 Å². The molecule has 4 unspecified atom stereocenters. The first-order chi connectivity index (χ1) is 15.2. The molecule has 1 aromatic carbocycles. The van der Waals surface area contributed by atoms with Crippen molar-refractivity contribution < 1.29 is 14.3 Å². The number of hydrogen-bond acceptors (Lipinski definition) is 6. The van der Waals surface area contributed by atoms with Crippen molar-refractivity contribution in [3.05, 3.63) is 34.9 Å². The van der Waals surface area contributed by atoms with Crippen molar-refractivity contribution in [2.24, 2.45) is 5.92 Å². The van der Waals surface area contributed by atoms with Gasteiger partial charge in [-0.1, -0.05) is 24.6 Å². The number of nitrogens with one attached hydrogen (secondary N) is 3. The summed E-state index contributed by atoms with van der Waals surface area (Å²) < 4.78 is 11.7. The van der Waals surface area contributed by atoms with Gasteiger partial charge in [0.25, 0.3) is 0 Å². The Morgan fingerprint density at radius 1 is 1.03 bits per heavy atom. The van der Waals surface area contributed by atoms with E-state index in [9.17, 15) is 4.79 Å². The van der Waals surface area contributed by atoms with Crippen molar-refractivity contribution in [2.45, 2.75) is 76.3 Å². The minimum Gasteiger partial charge on any atom is -0.445 e. The number of nitrogens with zero attached hydrogens (tertiary/aromatic N) is 1. The summed E-state index contributed by atoms with van der Waals surface area (Å²) in [6, 6.07) is 7.56. The molecule has 4 aliphatic rings. The molecule has 3 aliphatic heterocycles. The summed E-state index contributed by atoms with van der Waals surface area (Å²) in [6.45, 7) is 4.88. The summed E-state index contributed by atoms with van der Waals surface area (Å²) in [4.78, 5) is 14.7. The van der Waals surface area contributed by atoms with Crippen LogP contribution in [0.2, 0.25) is 0 Å². The van der Waals surface area contributed by atoms with Crippen LogP contribution in [0.5, 0.6) is 0 Å². The summed E-state index contributed by atoms with van der Waals surface area (Å²) in [5.41, 5.74) is 10.8. The molecule has 3 heterocycles. The number of amides is 1. The maximum atomic E-state index is 12.1. The van der Waals surface area contributed by atoms with Gasteiger partial charge in [0.05, 0.1) is 12.1 Å². The smallest absolute Gasteiger partial charge is 0.407 e. The van der Waals surface area contributed by atoms with E-state index in [0.29, 0.717) is 37.8 Å². The average molecular weight is 429 g/mol. The Hall–Kier alpha value is -1.67. The van der Waals surface area contributed by atoms with Crippen molar-refractivity contribution in [3.63, 3.8) is 0 Å². The van der Waals surface area contributed by atoms with Gasteiger partial charge in [0.1, 0.15) is 6.61 Å². The molecule has 1 amide bonds. The van der Waals surface area contributed by atoms with Gasteiger partial charge in [0.15, 0.2) is 0 Å². The third kappa shape index (κ3) is 5.22. The van der Waals surface area contributed by atoms with Crippen LogP contribution in [0.15, 0.2) is 18.2 Å². The Bertz CT molecular complexity index is 767. The number of likely N-dealkylation sites (tertiary alicyclic amines) is 1. The van der Waals surface area contributed by atoms with Crippen LogP contribution in [0.1, 0.15) is 67.7 Å². The van der Waals surface area contributed by atoms with E-state index in [1.807, 2.05) is 0 Å². The molecule has 0 aromatic heterocycles. The zero-order chi connectivity index (χ0) is 21.0. The topological polar surface area (TPSA) is 74.9 Å². The van der Waals surface area contributed by atoms with Gasteiger partial charge >= 0.3 is 6.09 Å². The van der Waals surface area contributed by atoms with E-state index in [-0.39, 0.29) is 12.1 Å². The van der Waals surface area contributed by atoms with Gasteiger partial charge in [0.2, 0.25) is 0 Å². The number of ether oxygens (including phenoxy) is 2. The number of cyclic esters (lactones) is 1. The maximum absolute atomic E-state index is 12.1. The first kappa shape index (κ1) is 21.2. The molecule has 170 valence electrons. The number of piperidine rings is 1. The van der Waals surface area contributed by atoms with Gasteiger partial charge in [-0.15, -0.1) is 0 Å². The Balaban J connectivity index is 1.41. The number of alkyl carbamates (subject to hydrolysis) is 1. The van der Waals surface area contributed by atoms with Crippen molar-refractivity contribution in [2.75, 3.05) is 26.2 Å². The first-order valence-electron chi connectivity index (χ1n) is 12.1. The first-order valence-corrected chi connectivity index (χ1v) is 12.1. The van der Waals surface area contributed by atoms with Crippen LogP contribution in [-0.4, -0.2) is 49.4 Å². The van der Waals surface area contributed by atoms with Crippen LogP contribution in [0, 0.1) is 5.92 Å². The van der Waals surface area contributed by atoms with E-state index >= 15 is 0 Å². The highest BCUT2D eigenvalue weighted by molar-refractivity contribution is 5.67. The molecule has 0 spiro atoms. The summed E-state index contributed by atoms with van der Waals surface area (Å²) in [5.74, 6) is 0.516. The zero-order valence-corrected chi connectivity index (χ0v) is 18.4. The fraction of sp³-hybridized carbons (Fsp3) is 0.708. The molecule has 7 heteroatoms. The number of benzene rings is 1. The van der Waals surface area contributed by atoms with Crippen molar-refractivity contribution in [1.29, 1.82) is 0 Å². The molecule has 4 bridgehead atoms. The summed E-state index contributed by atoms with van der Waals surface area (Å²) in [7, 11) is 0. The molecule has 1 saturated carbocycles. The number of carbonyl (C=O) groups is 1. The number of rotatable bonds is 2. The molecule has 31 heavy (non-hydrogen) atoms. The maximum Gasteiger partial charge on any atom is 0.407 e. The number of hydrazine groups is 1. The monoisotopic (exact) mass is 428 g/mol. The van der Waals surface area contributed by atoms with Crippen molar-refractivity contribution in [3.8, 4) is 0 Å². The van der Waals surface area contributed by atoms with Crippen LogP contribution in [-0.2, 0) is 22.6 Å². The molecule has 2 saturated heterocycles. The zero-order valence-electron chi connectivity index (χ0n) is 18.4. The van der Waals surface area contributed by atoms with Crippen LogP contribution in [0.25, 0.3) is 0 Å². The molecular weight excluding hydrogens is 392 g/mol. The second-order valence-corrected chi connectivity index (χ2v) is 9.62. The summed E-state index contributed by atoms with van der Waals surface area (Å²) in [5, 5.41) is 2.85. The normalized spacial score (nSPS) is 32.5. The number of carbonyl (C=O) groups excluding carboxylic acids is 1. The number of hydrogen-bond donors (Lipinski definition) is 3. The van der Waals surface area contributed by atoms with Gasteiger partial charge in [-0.05, 0) is 74.2 Å². The fourth-order valence-corrected chi connectivity index (χ4v) is 5.73. The summed E-state index contributed by atoms with van der Waals surface area (Å²) in [6.07, 6.45) is 7.99. The molecule has 3 fully saturated rings. The highest BCUT2D eigenvalue weighted by Gasteiger charge is 2.41. The lowest BCUT2D eigenvalue weighted by Gasteiger charge is -2.33. The van der Waals surface area contributed by atoms with Gasteiger partial charge in [-0.25, -0.2) is 10.2 Å². The number of fused-ring (bicyclic) bond motifs is 4. The van der Waals surface area contributed by atoms with E-state index in [4.69, 9.17) is 9.47 Å². The minimum absolute atomic E-state index is 0.260. The molecule has 1 aliphatic carbocycles. The third-order valence-corrected chi connectivity index (χ3v) is 7.31. The van der Waals surface area contributed by atoms with E-state index in [0.717, 1.165) is 37.8 Å². The largest absolute Gasteiger partial charge is 0.445 e. The predicted octanol–water partition coefficient (Wildman–Crippen LogP) is 3.01. The van der Waals surface area contributed by atoms with Gasteiger partial charge < -0.3 is 14.8 Å². The van der Waals surface area contributed by atoms with Crippen LogP contribution in [0.3, 0.4) is 0 Å². The SMILES string of the molecule is O=C1NCCCOC2CCC3NNC(c4cc(cc(CN5CCCCC5)c4)CO1)C3C2. The lowest BCUT2D eigenvalue weighted by atomic mass is 9.78. The summed E-state index contributed by atoms with van der Waals surface area (Å²) >= 11 is 0. The van der Waals surface area contributed by atoms with E-state index < -0.39 is 0 Å². The Morgan fingerprint density at radius 2 is 1.94 bits per heavy atom. The van der Waals surface area contributed by atoms with Gasteiger partial charge in [0, 0.05) is 25.7 Å². The minimum atomic E-state index is -0.350.